The molecule has 2 aromatic heterocycles. The Kier molecular flexibility index (Phi) is 6.04. The second-order valence-electron chi connectivity index (χ2n) is 6.27. The summed E-state index contributed by atoms with van der Waals surface area (Å²) in [7, 11) is 1.72. The Balaban J connectivity index is 1.61. The van der Waals surface area contributed by atoms with Gasteiger partial charge in [0.25, 0.3) is 0 Å². The number of rotatable bonds is 6. The molecule has 3 rings (SSSR count). The summed E-state index contributed by atoms with van der Waals surface area (Å²) in [6.07, 6.45) is 2.11. The minimum absolute atomic E-state index is 0.104. The lowest BCUT2D eigenvalue weighted by atomic mass is 10.3. The molecule has 0 saturated heterocycles. The number of aromatic nitrogens is 4. The number of carbonyl (C=O) groups is 1. The Morgan fingerprint density at radius 3 is 3.00 bits per heavy atom. The van der Waals surface area contributed by atoms with Crippen LogP contribution in [0.2, 0.25) is 0 Å². The summed E-state index contributed by atoms with van der Waals surface area (Å²) < 4.78 is 7.23. The van der Waals surface area contributed by atoms with E-state index in [0.29, 0.717) is 29.7 Å². The zero-order valence-electron chi connectivity index (χ0n) is 16.1. The number of aliphatic imine (C=N–C) groups is 1. The van der Waals surface area contributed by atoms with Gasteiger partial charge in [-0.25, -0.2) is 9.78 Å². The number of hydrogen-bond acceptors (Lipinski definition) is 7. The summed E-state index contributed by atoms with van der Waals surface area (Å²) in [4.78, 5) is 21.3. The van der Waals surface area contributed by atoms with Crippen LogP contribution in [-0.4, -0.2) is 45.3 Å². The summed E-state index contributed by atoms with van der Waals surface area (Å²) in [5.74, 6) is 2.28. The molecule has 1 aliphatic heterocycles. The molecule has 0 saturated carbocycles. The molecule has 0 aliphatic carbocycles. The highest BCUT2D eigenvalue weighted by Gasteiger charge is 2.21. The van der Waals surface area contributed by atoms with Crippen LogP contribution in [0.3, 0.4) is 0 Å². The minimum atomic E-state index is -0.325. The lowest BCUT2D eigenvalue weighted by Gasteiger charge is -2.16. The lowest BCUT2D eigenvalue weighted by Crippen LogP contribution is -2.38. The standard InChI is InChI=1S/C17H25N7O2S/c1-5-26-16(25)14-10(2)20-15(27-14)11(3)21-17(18-4)19-9-13-23-22-12-7-6-8-24(12)13/h11H,5-9H2,1-4H3,(H2,18,19,21). The van der Waals surface area contributed by atoms with Crippen LogP contribution in [0, 0.1) is 6.92 Å². The van der Waals surface area contributed by atoms with Crippen molar-refractivity contribution >= 4 is 23.3 Å². The quantitative estimate of drug-likeness (QED) is 0.437. The predicted octanol–water partition coefficient (Wildman–Crippen LogP) is 1.59. The number of thiazole rings is 1. The molecule has 0 fully saturated rings. The summed E-state index contributed by atoms with van der Waals surface area (Å²) in [5.41, 5.74) is 0.684. The third-order valence-electron chi connectivity index (χ3n) is 4.32. The van der Waals surface area contributed by atoms with E-state index < -0.39 is 0 Å². The summed E-state index contributed by atoms with van der Waals surface area (Å²) in [6, 6.07) is -0.104. The van der Waals surface area contributed by atoms with Crippen molar-refractivity contribution in [1.29, 1.82) is 0 Å². The van der Waals surface area contributed by atoms with Gasteiger partial charge in [-0.2, -0.15) is 0 Å². The zero-order chi connectivity index (χ0) is 19.4. The molecular weight excluding hydrogens is 366 g/mol. The number of ether oxygens (including phenoxy) is 1. The number of guanidine groups is 1. The monoisotopic (exact) mass is 391 g/mol. The van der Waals surface area contributed by atoms with E-state index in [1.807, 2.05) is 13.8 Å². The smallest absolute Gasteiger partial charge is 0.350 e. The molecule has 3 heterocycles. The predicted molar refractivity (Wildman–Crippen MR) is 103 cm³/mol. The Bertz CT molecular complexity index is 842. The average molecular weight is 392 g/mol. The molecule has 2 N–H and O–H groups in total. The van der Waals surface area contributed by atoms with Gasteiger partial charge in [0.15, 0.2) is 11.8 Å². The van der Waals surface area contributed by atoms with Gasteiger partial charge in [0.1, 0.15) is 15.7 Å². The largest absolute Gasteiger partial charge is 0.462 e. The number of fused-ring (bicyclic) bond motifs is 1. The molecule has 2 aromatic rings. The number of esters is 1. The van der Waals surface area contributed by atoms with E-state index in [1.54, 1.807) is 14.0 Å². The summed E-state index contributed by atoms with van der Waals surface area (Å²) in [6.45, 7) is 7.45. The Morgan fingerprint density at radius 2 is 2.26 bits per heavy atom. The number of carbonyl (C=O) groups excluding carboxylic acids is 1. The molecule has 0 aromatic carbocycles. The summed E-state index contributed by atoms with van der Waals surface area (Å²) in [5, 5.41) is 15.8. The molecule has 0 spiro atoms. The van der Waals surface area contributed by atoms with Gasteiger partial charge < -0.3 is 19.9 Å². The Hall–Kier alpha value is -2.49. The van der Waals surface area contributed by atoms with E-state index in [1.165, 1.54) is 11.3 Å². The lowest BCUT2D eigenvalue weighted by molar-refractivity contribution is 0.0531. The van der Waals surface area contributed by atoms with Crippen molar-refractivity contribution in [3.63, 3.8) is 0 Å². The fourth-order valence-electron chi connectivity index (χ4n) is 2.95. The van der Waals surface area contributed by atoms with Crippen LogP contribution in [0.1, 0.15) is 58.3 Å². The first-order chi connectivity index (χ1) is 13.0. The molecule has 0 radical (unpaired) electrons. The van der Waals surface area contributed by atoms with Crippen LogP contribution in [0.25, 0.3) is 0 Å². The molecule has 1 aliphatic rings. The van der Waals surface area contributed by atoms with Crippen molar-refractivity contribution in [2.75, 3.05) is 13.7 Å². The van der Waals surface area contributed by atoms with Crippen molar-refractivity contribution in [2.45, 2.75) is 52.7 Å². The molecule has 0 bridgehead atoms. The van der Waals surface area contributed by atoms with Gasteiger partial charge in [-0.3, -0.25) is 4.99 Å². The van der Waals surface area contributed by atoms with Gasteiger partial charge in [0.05, 0.1) is 24.9 Å². The molecule has 27 heavy (non-hydrogen) atoms. The fourth-order valence-corrected chi connectivity index (χ4v) is 3.92. The molecule has 1 unspecified atom stereocenters. The van der Waals surface area contributed by atoms with Crippen LogP contribution in [0.15, 0.2) is 4.99 Å². The minimum Gasteiger partial charge on any atom is -0.462 e. The molecular formula is C17H25N7O2S. The van der Waals surface area contributed by atoms with Gasteiger partial charge >= 0.3 is 5.97 Å². The van der Waals surface area contributed by atoms with Crippen molar-refractivity contribution in [1.82, 2.24) is 30.4 Å². The van der Waals surface area contributed by atoms with Gasteiger partial charge in [-0.05, 0) is 27.2 Å². The number of hydrogen-bond donors (Lipinski definition) is 2. The van der Waals surface area contributed by atoms with E-state index >= 15 is 0 Å². The second-order valence-corrected chi connectivity index (χ2v) is 7.30. The van der Waals surface area contributed by atoms with Crippen molar-refractivity contribution < 1.29 is 9.53 Å². The van der Waals surface area contributed by atoms with Crippen LogP contribution < -0.4 is 10.6 Å². The second kappa shape index (κ2) is 8.47. The van der Waals surface area contributed by atoms with Crippen LogP contribution in [0.4, 0.5) is 0 Å². The maximum absolute atomic E-state index is 12.0. The van der Waals surface area contributed by atoms with Gasteiger partial charge in [-0.15, -0.1) is 21.5 Å². The normalized spacial score (nSPS) is 14.7. The number of nitrogens with zero attached hydrogens (tertiary/aromatic N) is 5. The topological polar surface area (TPSA) is 106 Å². The Labute approximate surface area is 162 Å². The van der Waals surface area contributed by atoms with Crippen LogP contribution >= 0.6 is 11.3 Å². The van der Waals surface area contributed by atoms with Gasteiger partial charge in [0, 0.05) is 20.0 Å². The zero-order valence-corrected chi connectivity index (χ0v) is 16.9. The van der Waals surface area contributed by atoms with E-state index in [4.69, 9.17) is 4.74 Å². The van der Waals surface area contributed by atoms with Crippen LogP contribution in [-0.2, 0) is 24.2 Å². The first-order valence-corrected chi connectivity index (χ1v) is 9.87. The van der Waals surface area contributed by atoms with E-state index in [-0.39, 0.29) is 12.0 Å². The molecule has 1 atom stereocenters. The average Bonchev–Trinajstić information content (AvgIpc) is 3.34. The number of aryl methyl sites for hydroxylation is 2. The first kappa shape index (κ1) is 19.3. The molecule has 146 valence electrons. The van der Waals surface area contributed by atoms with E-state index in [0.717, 1.165) is 36.0 Å². The Morgan fingerprint density at radius 1 is 1.44 bits per heavy atom. The van der Waals surface area contributed by atoms with Gasteiger partial charge in [-0.1, -0.05) is 0 Å². The van der Waals surface area contributed by atoms with Crippen molar-refractivity contribution in [3.8, 4) is 0 Å². The highest BCUT2D eigenvalue weighted by atomic mass is 32.1. The number of nitrogens with one attached hydrogen (secondary N) is 2. The SMILES string of the molecule is CCOC(=O)c1sc(C(C)NC(=NC)NCc2nnc3n2CCC3)nc1C. The van der Waals surface area contributed by atoms with Gasteiger partial charge in [0.2, 0.25) is 0 Å². The molecule has 9 nitrogen and oxygen atoms in total. The van der Waals surface area contributed by atoms with E-state index in [2.05, 4.69) is 35.4 Å². The molecule has 10 heteroatoms. The maximum atomic E-state index is 12.0. The van der Waals surface area contributed by atoms with Crippen molar-refractivity contribution in [3.05, 3.63) is 27.2 Å². The fraction of sp³-hybridized carbons (Fsp3) is 0.588. The van der Waals surface area contributed by atoms with E-state index in [9.17, 15) is 4.79 Å². The third-order valence-corrected chi connectivity index (χ3v) is 5.64. The first-order valence-electron chi connectivity index (χ1n) is 9.06. The van der Waals surface area contributed by atoms with Crippen LogP contribution in [0.5, 0.6) is 0 Å². The maximum Gasteiger partial charge on any atom is 0.350 e. The highest BCUT2D eigenvalue weighted by Crippen LogP contribution is 2.24. The van der Waals surface area contributed by atoms with Crippen molar-refractivity contribution in [2.24, 2.45) is 4.99 Å². The summed E-state index contributed by atoms with van der Waals surface area (Å²) >= 11 is 1.34. The third kappa shape index (κ3) is 4.26. The molecule has 0 amide bonds. The highest BCUT2D eigenvalue weighted by molar-refractivity contribution is 7.13.